The predicted octanol–water partition coefficient (Wildman–Crippen LogP) is 7.70. The molecule has 0 aliphatic heterocycles. The lowest BCUT2D eigenvalue weighted by atomic mass is 10.0. The lowest BCUT2D eigenvalue weighted by molar-refractivity contribution is -0.274. The van der Waals surface area contributed by atoms with Gasteiger partial charge >= 0.3 is 6.36 Å². The molecule has 5 aromatic rings. The molecule has 182 valence electrons. The molecule has 0 bridgehead atoms. The Bertz CT molecular complexity index is 1590. The van der Waals surface area contributed by atoms with Crippen LogP contribution in [0.2, 0.25) is 5.02 Å². The highest BCUT2D eigenvalue weighted by Crippen LogP contribution is 2.34. The minimum Gasteiger partial charge on any atom is -0.406 e. The molecule has 4 aromatic carbocycles. The van der Waals surface area contributed by atoms with Crippen molar-refractivity contribution in [2.75, 3.05) is 5.43 Å². The molecule has 0 aliphatic rings. The number of alkyl halides is 3. The Morgan fingerprint density at radius 1 is 1.00 bits per heavy atom. The lowest BCUT2D eigenvalue weighted by Gasteiger charge is -2.09. The number of aryl methyl sites for hydroxylation is 2. The smallest absolute Gasteiger partial charge is 0.406 e. The van der Waals surface area contributed by atoms with E-state index >= 15 is 0 Å². The molecule has 0 fully saturated rings. The Balaban J connectivity index is 1.45. The lowest BCUT2D eigenvalue weighted by Crippen LogP contribution is -2.16. The average molecular weight is 509 g/mol. The molecule has 1 N–H and O–H groups in total. The third-order valence-electron chi connectivity index (χ3n) is 5.82. The second-order valence-corrected chi connectivity index (χ2v) is 8.70. The zero-order valence-corrected chi connectivity index (χ0v) is 20.0. The number of rotatable bonds is 5. The molecule has 0 radical (unpaired) electrons. The van der Waals surface area contributed by atoms with Gasteiger partial charge in [-0.05, 0) is 65.9 Å². The van der Waals surface area contributed by atoms with Gasteiger partial charge in [0.05, 0.1) is 22.6 Å². The van der Waals surface area contributed by atoms with Crippen LogP contribution in [0.1, 0.15) is 11.1 Å². The van der Waals surface area contributed by atoms with E-state index in [-0.39, 0.29) is 5.75 Å². The Kier molecular flexibility index (Phi) is 6.05. The van der Waals surface area contributed by atoms with Crippen LogP contribution in [0.4, 0.5) is 18.9 Å². The second-order valence-electron chi connectivity index (χ2n) is 8.29. The molecule has 0 unspecified atom stereocenters. The predicted molar refractivity (Wildman–Crippen MR) is 138 cm³/mol. The van der Waals surface area contributed by atoms with Gasteiger partial charge in [-0.15, -0.1) is 13.2 Å². The molecule has 0 saturated carbocycles. The van der Waals surface area contributed by atoms with Crippen molar-refractivity contribution in [2.24, 2.45) is 12.1 Å². The first-order valence-corrected chi connectivity index (χ1v) is 11.4. The Morgan fingerprint density at radius 3 is 2.47 bits per heavy atom. The molecule has 9 heteroatoms. The maximum Gasteiger partial charge on any atom is 0.573 e. The van der Waals surface area contributed by atoms with E-state index in [2.05, 4.69) is 15.3 Å². The molecular formula is C27H20ClF3N4O. The number of para-hydroxylation sites is 1. The van der Waals surface area contributed by atoms with E-state index in [0.29, 0.717) is 5.02 Å². The maximum atomic E-state index is 12.5. The summed E-state index contributed by atoms with van der Waals surface area (Å²) < 4.78 is 43.2. The molecule has 0 aliphatic carbocycles. The number of hydrazone groups is 1. The van der Waals surface area contributed by atoms with E-state index in [1.807, 2.05) is 56.4 Å². The average Bonchev–Trinajstić information content (AvgIpc) is 3.16. The summed E-state index contributed by atoms with van der Waals surface area (Å²) in [5.41, 5.74) is 7.99. The molecule has 0 atom stereocenters. The van der Waals surface area contributed by atoms with Gasteiger partial charge in [0.15, 0.2) is 0 Å². The van der Waals surface area contributed by atoms with Gasteiger partial charge < -0.3 is 4.74 Å². The van der Waals surface area contributed by atoms with Crippen LogP contribution in [0.15, 0.2) is 77.9 Å². The van der Waals surface area contributed by atoms with Crippen molar-refractivity contribution in [3.63, 3.8) is 0 Å². The van der Waals surface area contributed by atoms with Gasteiger partial charge in [0, 0.05) is 23.4 Å². The largest absolute Gasteiger partial charge is 0.573 e. The molecule has 36 heavy (non-hydrogen) atoms. The number of benzene rings is 4. The van der Waals surface area contributed by atoms with E-state index in [1.165, 1.54) is 12.1 Å². The van der Waals surface area contributed by atoms with Gasteiger partial charge in [-0.25, -0.2) is 0 Å². The summed E-state index contributed by atoms with van der Waals surface area (Å²) in [6.07, 6.45) is -3.01. The Morgan fingerprint density at radius 2 is 1.75 bits per heavy atom. The topological polar surface area (TPSA) is 51.4 Å². The zero-order valence-electron chi connectivity index (χ0n) is 19.3. The molecule has 5 nitrogen and oxygen atoms in total. The highest BCUT2D eigenvalue weighted by Gasteiger charge is 2.31. The van der Waals surface area contributed by atoms with E-state index < -0.39 is 6.36 Å². The van der Waals surface area contributed by atoms with Crippen LogP contribution in [-0.2, 0) is 7.05 Å². The number of halogens is 4. The van der Waals surface area contributed by atoms with Gasteiger partial charge in [0.1, 0.15) is 11.3 Å². The fraction of sp³-hybridized carbons (Fsp3) is 0.111. The van der Waals surface area contributed by atoms with Gasteiger partial charge in [0.25, 0.3) is 0 Å². The summed E-state index contributed by atoms with van der Waals surface area (Å²) in [7, 11) is 1.81. The number of ether oxygens (including phenoxy) is 1. The Hall–Kier alpha value is -4.04. The molecule has 0 amide bonds. The minimum atomic E-state index is -4.73. The number of hydrogen-bond donors (Lipinski definition) is 1. The number of nitrogens with one attached hydrogen (secondary N) is 1. The van der Waals surface area contributed by atoms with Crippen LogP contribution in [0, 0.1) is 6.92 Å². The number of hydrogen-bond acceptors (Lipinski definition) is 4. The van der Waals surface area contributed by atoms with Crippen LogP contribution in [0.5, 0.6) is 5.75 Å². The van der Waals surface area contributed by atoms with Gasteiger partial charge in [-0.1, -0.05) is 41.9 Å². The van der Waals surface area contributed by atoms with Crippen molar-refractivity contribution in [3.8, 4) is 17.0 Å². The van der Waals surface area contributed by atoms with E-state index in [4.69, 9.17) is 16.7 Å². The van der Waals surface area contributed by atoms with Crippen molar-refractivity contribution in [3.05, 3.63) is 88.9 Å². The third kappa shape index (κ3) is 4.72. The van der Waals surface area contributed by atoms with Crippen LogP contribution in [-0.4, -0.2) is 22.4 Å². The molecule has 5 rings (SSSR count). The molecule has 1 heterocycles. The summed E-state index contributed by atoms with van der Waals surface area (Å²) >= 11 is 6.24. The first-order chi connectivity index (χ1) is 17.2. The summed E-state index contributed by atoms with van der Waals surface area (Å²) in [6, 6.07) is 21.3. The Labute approximate surface area is 209 Å². The van der Waals surface area contributed by atoms with Gasteiger partial charge in [0.2, 0.25) is 0 Å². The summed E-state index contributed by atoms with van der Waals surface area (Å²) in [5, 5.41) is 12.5. The minimum absolute atomic E-state index is 0.267. The quantitative estimate of drug-likeness (QED) is 0.195. The normalized spacial score (nSPS) is 12.1. The highest BCUT2D eigenvalue weighted by molar-refractivity contribution is 6.33. The highest BCUT2D eigenvalue weighted by atomic mass is 35.5. The van der Waals surface area contributed by atoms with E-state index in [1.54, 1.807) is 29.1 Å². The number of anilines is 1. The maximum absolute atomic E-state index is 12.5. The SMILES string of the molecule is Cc1cccc(Cl)c1N/N=C/c1ccc2c(ccc3c(-c4ccc(OC(F)(F)F)cc4)n(C)nc32)c1. The van der Waals surface area contributed by atoms with Crippen molar-refractivity contribution in [2.45, 2.75) is 13.3 Å². The standard InChI is InChI=1S/C27H20ClF3N4O/c1-16-4-3-5-23(28)24(16)33-32-15-17-6-12-21-19(14-17)9-13-22-25(21)34-35(2)26(22)18-7-10-20(11-8-18)36-27(29,30)31/h3-15,33H,1-2H3/b32-15+. The first kappa shape index (κ1) is 23.7. The monoisotopic (exact) mass is 508 g/mol. The van der Waals surface area contributed by atoms with Crippen molar-refractivity contribution >= 4 is 45.2 Å². The third-order valence-corrected chi connectivity index (χ3v) is 6.13. The first-order valence-electron chi connectivity index (χ1n) is 11.0. The number of aromatic nitrogens is 2. The van der Waals surface area contributed by atoms with Gasteiger partial charge in [-0.2, -0.15) is 10.2 Å². The molecular weight excluding hydrogens is 489 g/mol. The van der Waals surface area contributed by atoms with E-state index in [9.17, 15) is 13.2 Å². The second kappa shape index (κ2) is 9.20. The van der Waals surface area contributed by atoms with Crippen LogP contribution < -0.4 is 10.2 Å². The summed E-state index contributed by atoms with van der Waals surface area (Å²) in [6.45, 7) is 1.96. The van der Waals surface area contributed by atoms with Crippen LogP contribution in [0.25, 0.3) is 32.9 Å². The van der Waals surface area contributed by atoms with E-state index in [0.717, 1.165) is 49.7 Å². The van der Waals surface area contributed by atoms with Gasteiger partial charge in [-0.3, -0.25) is 10.1 Å². The summed E-state index contributed by atoms with van der Waals surface area (Å²) in [4.78, 5) is 0. The van der Waals surface area contributed by atoms with Crippen molar-refractivity contribution < 1.29 is 17.9 Å². The molecule has 1 aromatic heterocycles. The zero-order chi connectivity index (χ0) is 25.4. The number of nitrogens with zero attached hydrogens (tertiary/aromatic N) is 3. The van der Waals surface area contributed by atoms with Crippen molar-refractivity contribution in [1.82, 2.24) is 9.78 Å². The fourth-order valence-electron chi connectivity index (χ4n) is 4.19. The molecule has 0 spiro atoms. The van der Waals surface area contributed by atoms with Crippen molar-refractivity contribution in [1.29, 1.82) is 0 Å². The van der Waals surface area contributed by atoms with Crippen LogP contribution in [0.3, 0.4) is 0 Å². The fourth-order valence-corrected chi connectivity index (χ4v) is 4.45. The molecule has 0 saturated heterocycles. The number of fused-ring (bicyclic) bond motifs is 3. The summed E-state index contributed by atoms with van der Waals surface area (Å²) in [5.74, 6) is -0.267. The van der Waals surface area contributed by atoms with Crippen LogP contribution >= 0.6 is 11.6 Å².